The lowest BCUT2D eigenvalue weighted by atomic mass is 10.4. The Balaban J connectivity index is 2.48. The third kappa shape index (κ3) is 5.12. The van der Waals surface area contributed by atoms with Crippen LogP contribution < -0.4 is 0 Å². The van der Waals surface area contributed by atoms with E-state index in [1.165, 1.54) is 0 Å². The van der Waals surface area contributed by atoms with Crippen LogP contribution in [0.3, 0.4) is 0 Å². The number of rotatable bonds is 9. The molecular weight excluding hydrogens is 222 g/mol. The van der Waals surface area contributed by atoms with Crippen molar-refractivity contribution in [2.75, 3.05) is 40.5 Å². The number of furan rings is 1. The van der Waals surface area contributed by atoms with E-state index in [1.807, 2.05) is 6.07 Å². The Labute approximate surface area is 101 Å². The van der Waals surface area contributed by atoms with Crippen LogP contribution in [-0.4, -0.2) is 51.7 Å². The number of methoxy groups -OCH3 is 2. The third-order valence-corrected chi connectivity index (χ3v) is 2.40. The quantitative estimate of drug-likeness (QED) is 0.608. The lowest BCUT2D eigenvalue weighted by Crippen LogP contribution is -2.30. The average Bonchev–Trinajstić information content (AvgIpc) is 2.80. The van der Waals surface area contributed by atoms with E-state index in [-0.39, 0.29) is 0 Å². The molecule has 0 fully saturated rings. The molecule has 0 saturated heterocycles. The standard InChI is InChI=1S/C12H19NO4/c1-15-7-5-13(6-8-16-2)9-11-3-4-12(10-14)17-11/h3-4,10H,5-9H2,1-2H3. The van der Waals surface area contributed by atoms with Crippen molar-refractivity contribution < 1.29 is 18.7 Å². The van der Waals surface area contributed by atoms with Gasteiger partial charge in [-0.3, -0.25) is 9.69 Å². The van der Waals surface area contributed by atoms with Gasteiger partial charge in [0.1, 0.15) is 5.76 Å². The highest BCUT2D eigenvalue weighted by Crippen LogP contribution is 2.08. The van der Waals surface area contributed by atoms with Crippen molar-refractivity contribution in [3.8, 4) is 0 Å². The molecule has 1 aromatic rings. The summed E-state index contributed by atoms with van der Waals surface area (Å²) in [6, 6.07) is 3.49. The third-order valence-electron chi connectivity index (χ3n) is 2.40. The number of hydrogen-bond acceptors (Lipinski definition) is 5. The fourth-order valence-corrected chi connectivity index (χ4v) is 1.47. The average molecular weight is 241 g/mol. The van der Waals surface area contributed by atoms with Crippen molar-refractivity contribution in [2.24, 2.45) is 0 Å². The van der Waals surface area contributed by atoms with Gasteiger partial charge in [0.25, 0.3) is 0 Å². The summed E-state index contributed by atoms with van der Waals surface area (Å²) in [7, 11) is 3.35. The summed E-state index contributed by atoms with van der Waals surface area (Å²) in [6.45, 7) is 3.57. The molecule has 1 heterocycles. The van der Waals surface area contributed by atoms with Gasteiger partial charge in [-0.2, -0.15) is 0 Å². The summed E-state index contributed by atoms with van der Waals surface area (Å²) >= 11 is 0. The van der Waals surface area contributed by atoms with Gasteiger partial charge in [-0.05, 0) is 12.1 Å². The van der Waals surface area contributed by atoms with Gasteiger partial charge in [0, 0.05) is 27.3 Å². The zero-order valence-corrected chi connectivity index (χ0v) is 10.3. The predicted octanol–water partition coefficient (Wildman–Crippen LogP) is 1.19. The summed E-state index contributed by atoms with van der Waals surface area (Å²) in [5.41, 5.74) is 0. The highest BCUT2D eigenvalue weighted by atomic mass is 16.5. The van der Waals surface area contributed by atoms with E-state index in [0.717, 1.165) is 18.8 Å². The van der Waals surface area contributed by atoms with E-state index in [0.29, 0.717) is 31.8 Å². The number of carbonyl (C=O) groups is 1. The Morgan fingerprint density at radius 1 is 1.24 bits per heavy atom. The van der Waals surface area contributed by atoms with Gasteiger partial charge in [-0.1, -0.05) is 0 Å². The van der Waals surface area contributed by atoms with Gasteiger partial charge in [-0.15, -0.1) is 0 Å². The molecule has 0 atom stereocenters. The smallest absolute Gasteiger partial charge is 0.185 e. The van der Waals surface area contributed by atoms with E-state index < -0.39 is 0 Å². The first kappa shape index (κ1) is 13.9. The van der Waals surface area contributed by atoms with Crippen LogP contribution in [0.4, 0.5) is 0 Å². The lowest BCUT2D eigenvalue weighted by Gasteiger charge is -2.20. The SMILES string of the molecule is COCCN(CCOC)Cc1ccc(C=O)o1. The summed E-state index contributed by atoms with van der Waals surface area (Å²) in [6.07, 6.45) is 0.706. The molecule has 0 N–H and O–H groups in total. The van der Waals surface area contributed by atoms with Crippen LogP contribution in [-0.2, 0) is 16.0 Å². The maximum absolute atomic E-state index is 10.5. The number of hydrogen-bond donors (Lipinski definition) is 0. The fourth-order valence-electron chi connectivity index (χ4n) is 1.47. The van der Waals surface area contributed by atoms with Gasteiger partial charge < -0.3 is 13.9 Å². The first-order chi connectivity index (χ1) is 8.30. The number of aldehydes is 1. The van der Waals surface area contributed by atoms with Gasteiger partial charge in [0.15, 0.2) is 12.0 Å². The van der Waals surface area contributed by atoms with E-state index in [9.17, 15) is 4.79 Å². The molecule has 0 aromatic carbocycles. The monoisotopic (exact) mass is 241 g/mol. The Bertz CT molecular complexity index is 316. The van der Waals surface area contributed by atoms with Gasteiger partial charge in [0.2, 0.25) is 0 Å². The largest absolute Gasteiger partial charge is 0.457 e. The number of nitrogens with zero attached hydrogens (tertiary/aromatic N) is 1. The minimum absolute atomic E-state index is 0.360. The number of carbonyl (C=O) groups excluding carboxylic acids is 1. The Morgan fingerprint density at radius 2 is 1.88 bits per heavy atom. The zero-order valence-electron chi connectivity index (χ0n) is 10.3. The van der Waals surface area contributed by atoms with Crippen molar-refractivity contribution >= 4 is 6.29 Å². The summed E-state index contributed by atoms with van der Waals surface area (Å²) in [5.74, 6) is 1.14. The predicted molar refractivity (Wildman–Crippen MR) is 63.1 cm³/mol. The second-order valence-corrected chi connectivity index (χ2v) is 3.68. The van der Waals surface area contributed by atoms with E-state index in [2.05, 4.69) is 4.90 Å². The van der Waals surface area contributed by atoms with Crippen molar-refractivity contribution in [3.63, 3.8) is 0 Å². The summed E-state index contributed by atoms with van der Waals surface area (Å²) < 4.78 is 15.4. The Hall–Kier alpha value is -1.17. The van der Waals surface area contributed by atoms with Crippen LogP contribution in [0.2, 0.25) is 0 Å². The van der Waals surface area contributed by atoms with E-state index in [4.69, 9.17) is 13.9 Å². The maximum Gasteiger partial charge on any atom is 0.185 e. The minimum Gasteiger partial charge on any atom is -0.457 e. The highest BCUT2D eigenvalue weighted by molar-refractivity contribution is 5.70. The lowest BCUT2D eigenvalue weighted by molar-refractivity contribution is 0.103. The molecule has 0 amide bonds. The highest BCUT2D eigenvalue weighted by Gasteiger charge is 2.08. The van der Waals surface area contributed by atoms with Crippen LogP contribution in [0.25, 0.3) is 0 Å². The zero-order chi connectivity index (χ0) is 12.5. The van der Waals surface area contributed by atoms with Crippen molar-refractivity contribution in [1.29, 1.82) is 0 Å². The van der Waals surface area contributed by atoms with Crippen LogP contribution >= 0.6 is 0 Å². The molecule has 0 bridgehead atoms. The van der Waals surface area contributed by atoms with Gasteiger partial charge in [0.05, 0.1) is 19.8 Å². The van der Waals surface area contributed by atoms with Crippen molar-refractivity contribution in [3.05, 3.63) is 23.7 Å². The molecule has 1 rings (SSSR count). The topological polar surface area (TPSA) is 51.9 Å². The second-order valence-electron chi connectivity index (χ2n) is 3.68. The molecule has 96 valence electrons. The van der Waals surface area contributed by atoms with Crippen molar-refractivity contribution in [2.45, 2.75) is 6.54 Å². The van der Waals surface area contributed by atoms with Crippen LogP contribution in [0.1, 0.15) is 16.3 Å². The van der Waals surface area contributed by atoms with Gasteiger partial charge in [-0.25, -0.2) is 0 Å². The summed E-state index contributed by atoms with van der Waals surface area (Å²) in [5, 5.41) is 0. The van der Waals surface area contributed by atoms with Crippen LogP contribution in [0.15, 0.2) is 16.5 Å². The normalized spacial score (nSPS) is 11.0. The van der Waals surface area contributed by atoms with Crippen LogP contribution in [0.5, 0.6) is 0 Å². The van der Waals surface area contributed by atoms with E-state index >= 15 is 0 Å². The molecule has 5 heteroatoms. The molecule has 0 saturated carbocycles. The van der Waals surface area contributed by atoms with Gasteiger partial charge >= 0.3 is 0 Å². The van der Waals surface area contributed by atoms with E-state index in [1.54, 1.807) is 20.3 Å². The fraction of sp³-hybridized carbons (Fsp3) is 0.583. The molecule has 17 heavy (non-hydrogen) atoms. The molecule has 5 nitrogen and oxygen atoms in total. The molecule has 0 aliphatic heterocycles. The molecule has 0 spiro atoms. The minimum atomic E-state index is 0.360. The first-order valence-electron chi connectivity index (χ1n) is 5.54. The summed E-state index contributed by atoms with van der Waals surface area (Å²) in [4.78, 5) is 12.7. The Morgan fingerprint density at radius 3 is 2.35 bits per heavy atom. The molecule has 0 unspecified atom stereocenters. The van der Waals surface area contributed by atoms with Crippen molar-refractivity contribution in [1.82, 2.24) is 4.90 Å². The molecular formula is C12H19NO4. The molecule has 1 aromatic heterocycles. The second kappa shape index (κ2) is 8.00. The number of ether oxygens (including phenoxy) is 2. The maximum atomic E-state index is 10.5. The first-order valence-corrected chi connectivity index (χ1v) is 5.54. The molecule has 0 aliphatic carbocycles. The molecule has 0 aliphatic rings. The van der Waals surface area contributed by atoms with Crippen LogP contribution in [0, 0.1) is 0 Å². The molecule has 0 radical (unpaired) electrons. The Kier molecular flexibility index (Phi) is 6.54.